The van der Waals surface area contributed by atoms with E-state index in [4.69, 9.17) is 18.6 Å². The highest BCUT2D eigenvalue weighted by atomic mass is 35.7. The lowest BCUT2D eigenvalue weighted by Gasteiger charge is -2.03. The molecule has 0 atom stereocenters. The molecule has 0 radical (unpaired) electrons. The number of hydrogen-bond acceptors (Lipinski definition) is 6. The highest BCUT2D eigenvalue weighted by molar-refractivity contribution is 5.74. The molecule has 0 aliphatic heterocycles. The minimum atomic E-state index is -4.69. The first-order valence-corrected chi connectivity index (χ1v) is 5.87. The van der Waals surface area contributed by atoms with E-state index in [0.29, 0.717) is 0 Å². The van der Waals surface area contributed by atoms with Crippen LogP contribution >= 0.6 is 0 Å². The Hall–Kier alpha value is -1.31. The lowest BCUT2D eigenvalue weighted by atomic mass is 10.2. The van der Waals surface area contributed by atoms with Crippen molar-refractivity contribution in [2.75, 3.05) is 0 Å². The summed E-state index contributed by atoms with van der Waals surface area (Å²) in [6, 6.07) is 7.92. The second-order valence-electron chi connectivity index (χ2n) is 3.28. The largest absolute Gasteiger partial charge is 0.250 e. The van der Waals surface area contributed by atoms with Crippen molar-refractivity contribution in [3.63, 3.8) is 0 Å². The Morgan fingerprint density at radius 2 is 1.24 bits per heavy atom. The van der Waals surface area contributed by atoms with Gasteiger partial charge in [-0.2, -0.15) is 14.0 Å². The van der Waals surface area contributed by atoms with Gasteiger partial charge in [-0.15, -0.1) is 0 Å². The number of rotatable bonds is 0. The highest BCUT2D eigenvalue weighted by Gasteiger charge is 1.99. The van der Waals surface area contributed by atoms with Gasteiger partial charge in [0.15, 0.2) is 0 Å². The van der Waals surface area contributed by atoms with Crippen molar-refractivity contribution >= 4 is 11.0 Å². The number of hydrogen-bond donors (Lipinski definition) is 1. The first kappa shape index (κ1) is 13.8. The van der Waals surface area contributed by atoms with E-state index in [1.54, 1.807) is 0 Å². The number of benzene rings is 1. The van der Waals surface area contributed by atoms with Crippen LogP contribution in [0.2, 0.25) is 0 Å². The Morgan fingerprint density at radius 3 is 1.53 bits per heavy atom. The number of para-hydroxylation sites is 2. The van der Waals surface area contributed by atoms with Crippen LogP contribution in [0.5, 0.6) is 0 Å². The van der Waals surface area contributed by atoms with E-state index in [1.807, 2.05) is 38.1 Å². The van der Waals surface area contributed by atoms with E-state index in [0.717, 1.165) is 22.4 Å². The van der Waals surface area contributed by atoms with Crippen molar-refractivity contribution in [3.8, 4) is 0 Å². The summed E-state index contributed by atoms with van der Waals surface area (Å²) in [6.45, 7) is 3.96. The predicted octanol–water partition coefficient (Wildman–Crippen LogP) is -1.88. The summed E-state index contributed by atoms with van der Waals surface area (Å²) in [7, 11) is -4.69. The second-order valence-corrected chi connectivity index (χ2v) is 4.07. The zero-order chi connectivity index (χ0) is 13.1. The van der Waals surface area contributed by atoms with Crippen LogP contribution in [0.15, 0.2) is 24.3 Å². The molecule has 0 spiro atoms. The van der Waals surface area contributed by atoms with Crippen molar-refractivity contribution in [1.82, 2.24) is 9.97 Å². The number of halogens is 1. The van der Waals surface area contributed by atoms with Crippen LogP contribution in [0.3, 0.4) is 0 Å². The van der Waals surface area contributed by atoms with E-state index in [2.05, 4.69) is 9.97 Å². The molecular weight excluding hydrogens is 248 g/mol. The molecule has 7 heteroatoms. The van der Waals surface area contributed by atoms with Crippen LogP contribution in [0, 0.1) is 24.1 Å². The average Bonchev–Trinajstić information content (AvgIpc) is 2.17. The number of aromatic nitrogens is 2. The van der Waals surface area contributed by atoms with Gasteiger partial charge >= 0.3 is 0 Å². The third kappa shape index (κ3) is 5.03. The predicted molar refractivity (Wildman–Crippen MR) is 51.2 cm³/mol. The van der Waals surface area contributed by atoms with Crippen molar-refractivity contribution in [1.29, 1.82) is 0 Å². The fraction of sp³-hybridized carbons (Fsp3) is 0.200. The molecule has 0 saturated heterocycles. The summed E-state index contributed by atoms with van der Waals surface area (Å²) >= 11 is 0. The monoisotopic (exact) mass is 258 g/mol. The summed E-state index contributed by atoms with van der Waals surface area (Å²) in [6.07, 6.45) is 0. The first-order valence-electron chi connectivity index (χ1n) is 4.60. The molecule has 0 unspecified atom stereocenters. The summed E-state index contributed by atoms with van der Waals surface area (Å²) < 4.78 is 32.7. The topological polar surface area (TPSA) is 115 Å². The Morgan fingerprint density at radius 1 is 0.941 bits per heavy atom. The zero-order valence-corrected chi connectivity index (χ0v) is 10.0. The molecule has 1 heterocycles. The molecular formula is C10H11ClN2O4. The molecule has 6 nitrogen and oxygen atoms in total. The van der Waals surface area contributed by atoms with Gasteiger partial charge in [-0.25, -0.2) is 9.97 Å². The molecule has 0 aliphatic carbocycles. The van der Waals surface area contributed by atoms with E-state index in [-0.39, 0.29) is 0 Å². The van der Waals surface area contributed by atoms with Gasteiger partial charge in [0.1, 0.15) is 0 Å². The maximum Gasteiger partial charge on any atom is 0.0890 e. The molecule has 1 aromatic heterocycles. The van der Waals surface area contributed by atoms with E-state index >= 15 is 0 Å². The molecule has 0 saturated carbocycles. The summed E-state index contributed by atoms with van der Waals surface area (Å²) in [5.74, 6) is 0. The third-order valence-corrected chi connectivity index (χ3v) is 1.98. The minimum Gasteiger partial charge on any atom is -0.250 e. The van der Waals surface area contributed by atoms with Crippen molar-refractivity contribution in [2.24, 2.45) is 0 Å². The Labute approximate surface area is 99.9 Å². The molecule has 2 rings (SSSR count). The van der Waals surface area contributed by atoms with Crippen LogP contribution in [0.4, 0.5) is 0 Å². The molecule has 0 amide bonds. The van der Waals surface area contributed by atoms with Gasteiger partial charge < -0.3 is 0 Å². The van der Waals surface area contributed by atoms with Gasteiger partial charge in [-0.3, -0.25) is 0 Å². The maximum absolute atomic E-state index is 8.60. The van der Waals surface area contributed by atoms with E-state index in [9.17, 15) is 0 Å². The standard InChI is InChI=1S/C10H10N2.ClHO4/c1-7-8(2)12-10-6-4-3-5-9(10)11-7;2-1(3,4)5/h3-6H,1-2H3;(H,2,3,4,5). The summed E-state index contributed by atoms with van der Waals surface area (Å²) in [5.41, 5.74) is 3.96. The van der Waals surface area contributed by atoms with Crippen LogP contribution < -0.4 is 14.0 Å². The lowest BCUT2D eigenvalue weighted by Crippen LogP contribution is -2.58. The van der Waals surface area contributed by atoms with E-state index < -0.39 is 10.2 Å². The molecule has 0 bridgehead atoms. The number of nitrogens with zero attached hydrogens (tertiary/aromatic N) is 2. The second kappa shape index (κ2) is 5.35. The van der Waals surface area contributed by atoms with E-state index in [1.165, 1.54) is 0 Å². The molecule has 0 aliphatic rings. The molecule has 2 aromatic rings. The van der Waals surface area contributed by atoms with Crippen molar-refractivity contribution in [3.05, 3.63) is 35.7 Å². The Balaban J connectivity index is 0.000000249. The maximum atomic E-state index is 8.60. The summed E-state index contributed by atoms with van der Waals surface area (Å²) in [5, 5.41) is 0. The van der Waals surface area contributed by atoms with Gasteiger partial charge in [-0.05, 0) is 26.0 Å². The van der Waals surface area contributed by atoms with Gasteiger partial charge in [0.2, 0.25) is 0 Å². The Kier molecular flexibility index (Phi) is 4.33. The molecule has 1 aromatic carbocycles. The minimum absolute atomic E-state index is 0.973. The molecule has 17 heavy (non-hydrogen) atoms. The number of aryl methyl sites for hydroxylation is 2. The molecule has 0 fully saturated rings. The van der Waals surface area contributed by atoms with Crippen LogP contribution in [0.25, 0.3) is 11.0 Å². The SMILES string of the molecule is Cc1nc2ccccc2nc1C.[O-][Cl+3]([O-])([O-])O. The smallest absolute Gasteiger partial charge is 0.0890 e. The van der Waals surface area contributed by atoms with Crippen LogP contribution in [0.1, 0.15) is 11.4 Å². The van der Waals surface area contributed by atoms with Crippen LogP contribution in [-0.2, 0) is 0 Å². The average molecular weight is 259 g/mol. The molecule has 92 valence electrons. The third-order valence-electron chi connectivity index (χ3n) is 1.98. The Bertz CT molecular complexity index is 467. The zero-order valence-electron chi connectivity index (χ0n) is 9.25. The molecule has 1 N–H and O–H groups in total. The van der Waals surface area contributed by atoms with Gasteiger partial charge in [0, 0.05) is 0 Å². The number of fused-ring (bicyclic) bond motifs is 1. The highest BCUT2D eigenvalue weighted by Crippen LogP contribution is 2.10. The fourth-order valence-corrected chi connectivity index (χ4v) is 1.18. The van der Waals surface area contributed by atoms with Crippen molar-refractivity contribution in [2.45, 2.75) is 13.8 Å². The van der Waals surface area contributed by atoms with Gasteiger partial charge in [0.25, 0.3) is 0 Å². The lowest BCUT2D eigenvalue weighted by molar-refractivity contribution is -1.92. The van der Waals surface area contributed by atoms with Crippen LogP contribution in [-0.4, -0.2) is 14.6 Å². The summed E-state index contributed by atoms with van der Waals surface area (Å²) in [4.78, 5) is 8.83. The van der Waals surface area contributed by atoms with Gasteiger partial charge in [0.05, 0.1) is 37.3 Å². The van der Waals surface area contributed by atoms with Gasteiger partial charge in [-0.1, -0.05) is 12.1 Å². The first-order chi connectivity index (χ1) is 7.77. The fourth-order valence-electron chi connectivity index (χ4n) is 1.18. The quantitative estimate of drug-likeness (QED) is 0.591. The normalized spacial score (nSPS) is 10.9. The van der Waals surface area contributed by atoms with Crippen molar-refractivity contribution < 1.29 is 28.9 Å².